The van der Waals surface area contributed by atoms with Crippen LogP contribution in [-0.2, 0) is 5.41 Å². The van der Waals surface area contributed by atoms with Crippen molar-refractivity contribution in [1.82, 2.24) is 20.0 Å². The summed E-state index contributed by atoms with van der Waals surface area (Å²) in [6.45, 7) is 8.17. The second kappa shape index (κ2) is 6.72. The summed E-state index contributed by atoms with van der Waals surface area (Å²) in [6.07, 6.45) is 2.08. The number of rotatable bonds is 2. The fraction of sp³-hybridized carbons (Fsp3) is 0.706. The van der Waals surface area contributed by atoms with Gasteiger partial charge < -0.3 is 14.7 Å². The lowest BCUT2D eigenvalue weighted by Gasteiger charge is -2.38. The van der Waals surface area contributed by atoms with Crippen molar-refractivity contribution in [2.24, 2.45) is 0 Å². The normalized spacial score (nSPS) is 18.7. The molecule has 1 saturated heterocycles. The van der Waals surface area contributed by atoms with Gasteiger partial charge >= 0.3 is 6.03 Å². The summed E-state index contributed by atoms with van der Waals surface area (Å²) in [6, 6.07) is 4.36. The molecule has 1 aliphatic heterocycles. The van der Waals surface area contributed by atoms with E-state index < -0.39 is 0 Å². The van der Waals surface area contributed by atoms with Crippen molar-refractivity contribution in [3.05, 3.63) is 17.8 Å². The summed E-state index contributed by atoms with van der Waals surface area (Å²) >= 11 is 0. The Balaban J connectivity index is 2.08. The third-order valence-corrected chi connectivity index (χ3v) is 4.37. The number of likely N-dealkylation sites (N-methyl/N-ethyl adjacent to an activating group) is 1. The number of hydrogen-bond donors (Lipinski definition) is 0. The standard InChI is InChI=1S/C17H29N5O/c1-17(2,3)14-9-10-15(19-18-14)22-11-7-8-13(12-22)21(6)16(23)20(4)5/h9-10,13H,7-8,11-12H2,1-6H3. The number of nitrogens with zero attached hydrogens (tertiary/aromatic N) is 5. The van der Waals surface area contributed by atoms with Crippen molar-refractivity contribution in [3.8, 4) is 0 Å². The van der Waals surface area contributed by atoms with E-state index in [0.717, 1.165) is 37.4 Å². The number of piperidine rings is 1. The van der Waals surface area contributed by atoms with E-state index in [9.17, 15) is 4.79 Å². The molecule has 2 rings (SSSR count). The van der Waals surface area contributed by atoms with Gasteiger partial charge in [-0.15, -0.1) is 5.10 Å². The van der Waals surface area contributed by atoms with Crippen LogP contribution in [0.25, 0.3) is 0 Å². The van der Waals surface area contributed by atoms with E-state index in [1.807, 2.05) is 18.0 Å². The molecule has 0 radical (unpaired) electrons. The highest BCUT2D eigenvalue weighted by Gasteiger charge is 2.28. The second-order valence-electron chi connectivity index (χ2n) is 7.56. The molecular formula is C17H29N5O. The van der Waals surface area contributed by atoms with E-state index in [1.165, 1.54) is 0 Å². The molecule has 0 aliphatic carbocycles. The topological polar surface area (TPSA) is 52.6 Å². The van der Waals surface area contributed by atoms with E-state index in [4.69, 9.17) is 0 Å². The lowest BCUT2D eigenvalue weighted by Crippen LogP contribution is -2.51. The molecule has 128 valence electrons. The molecule has 6 nitrogen and oxygen atoms in total. The van der Waals surface area contributed by atoms with E-state index >= 15 is 0 Å². The van der Waals surface area contributed by atoms with Gasteiger partial charge in [0.25, 0.3) is 0 Å². The van der Waals surface area contributed by atoms with Gasteiger partial charge in [0.05, 0.1) is 11.7 Å². The fourth-order valence-electron chi connectivity index (χ4n) is 2.84. The molecule has 1 aromatic rings. The number of aromatic nitrogens is 2. The third kappa shape index (κ3) is 4.12. The Morgan fingerprint density at radius 3 is 2.43 bits per heavy atom. The summed E-state index contributed by atoms with van der Waals surface area (Å²) in [5, 5.41) is 8.78. The van der Waals surface area contributed by atoms with Crippen molar-refractivity contribution in [3.63, 3.8) is 0 Å². The van der Waals surface area contributed by atoms with Crippen LogP contribution in [0.3, 0.4) is 0 Å². The first-order valence-corrected chi connectivity index (χ1v) is 8.23. The number of anilines is 1. The monoisotopic (exact) mass is 319 g/mol. The lowest BCUT2D eigenvalue weighted by molar-refractivity contribution is 0.157. The highest BCUT2D eigenvalue weighted by atomic mass is 16.2. The predicted octanol–water partition coefficient (Wildman–Crippen LogP) is 2.36. The number of hydrogen-bond acceptors (Lipinski definition) is 4. The molecule has 0 spiro atoms. The molecule has 1 unspecified atom stereocenters. The van der Waals surface area contributed by atoms with Gasteiger partial charge in [-0.2, -0.15) is 5.10 Å². The average Bonchev–Trinajstić information content (AvgIpc) is 2.52. The summed E-state index contributed by atoms with van der Waals surface area (Å²) in [4.78, 5) is 17.8. The number of carbonyl (C=O) groups is 1. The molecule has 0 N–H and O–H groups in total. The zero-order valence-corrected chi connectivity index (χ0v) is 15.2. The Bertz CT molecular complexity index is 535. The van der Waals surface area contributed by atoms with Gasteiger partial charge in [-0.3, -0.25) is 0 Å². The van der Waals surface area contributed by atoms with Gasteiger partial charge in [-0.25, -0.2) is 4.79 Å². The summed E-state index contributed by atoms with van der Waals surface area (Å²) in [7, 11) is 5.46. The Morgan fingerprint density at radius 2 is 1.91 bits per heavy atom. The second-order valence-corrected chi connectivity index (χ2v) is 7.56. The van der Waals surface area contributed by atoms with Crippen LogP contribution in [0, 0.1) is 0 Å². The number of amides is 2. The minimum atomic E-state index is 0.00825. The van der Waals surface area contributed by atoms with Crippen LogP contribution < -0.4 is 4.90 Å². The third-order valence-electron chi connectivity index (χ3n) is 4.37. The van der Waals surface area contributed by atoms with Crippen LogP contribution in [0.1, 0.15) is 39.3 Å². The van der Waals surface area contributed by atoms with E-state index in [-0.39, 0.29) is 17.5 Å². The van der Waals surface area contributed by atoms with Gasteiger partial charge in [0.2, 0.25) is 0 Å². The Labute approximate surface area is 139 Å². The number of urea groups is 1. The lowest BCUT2D eigenvalue weighted by atomic mass is 9.92. The minimum absolute atomic E-state index is 0.00825. The van der Waals surface area contributed by atoms with Crippen LogP contribution in [0.2, 0.25) is 0 Å². The summed E-state index contributed by atoms with van der Waals surface area (Å²) in [5.41, 5.74) is 1.00. The summed E-state index contributed by atoms with van der Waals surface area (Å²) in [5.74, 6) is 0.897. The van der Waals surface area contributed by atoms with Crippen molar-refractivity contribution in [2.45, 2.75) is 45.1 Å². The maximum atomic E-state index is 12.1. The molecule has 23 heavy (non-hydrogen) atoms. The van der Waals surface area contributed by atoms with Crippen molar-refractivity contribution in [2.75, 3.05) is 39.1 Å². The first kappa shape index (κ1) is 17.5. The first-order chi connectivity index (χ1) is 10.7. The van der Waals surface area contributed by atoms with Crippen LogP contribution in [0.5, 0.6) is 0 Å². The molecule has 1 aliphatic rings. The van der Waals surface area contributed by atoms with E-state index in [1.54, 1.807) is 19.0 Å². The molecule has 2 amide bonds. The Kier molecular flexibility index (Phi) is 5.12. The predicted molar refractivity (Wildman–Crippen MR) is 92.8 cm³/mol. The molecular weight excluding hydrogens is 290 g/mol. The maximum absolute atomic E-state index is 12.1. The fourth-order valence-corrected chi connectivity index (χ4v) is 2.84. The van der Waals surface area contributed by atoms with Gasteiger partial charge in [-0.05, 0) is 25.0 Å². The molecule has 1 aromatic heterocycles. The van der Waals surface area contributed by atoms with E-state index in [0.29, 0.717) is 0 Å². The molecule has 1 fully saturated rings. The van der Waals surface area contributed by atoms with Gasteiger partial charge in [0.15, 0.2) is 5.82 Å². The largest absolute Gasteiger partial charge is 0.353 e. The zero-order valence-electron chi connectivity index (χ0n) is 15.2. The van der Waals surface area contributed by atoms with Crippen molar-refractivity contribution in [1.29, 1.82) is 0 Å². The SMILES string of the molecule is CN(C)C(=O)N(C)C1CCCN(c2ccc(C(C)(C)C)nn2)C1. The average molecular weight is 319 g/mol. The maximum Gasteiger partial charge on any atom is 0.319 e. The van der Waals surface area contributed by atoms with Crippen LogP contribution in [0.4, 0.5) is 10.6 Å². The Morgan fingerprint density at radius 1 is 1.22 bits per heavy atom. The smallest absolute Gasteiger partial charge is 0.319 e. The zero-order chi connectivity index (χ0) is 17.2. The minimum Gasteiger partial charge on any atom is -0.353 e. The number of carbonyl (C=O) groups excluding carboxylic acids is 1. The van der Waals surface area contributed by atoms with Gasteiger partial charge in [0, 0.05) is 39.6 Å². The highest BCUT2D eigenvalue weighted by Crippen LogP contribution is 2.23. The van der Waals surface area contributed by atoms with Gasteiger partial charge in [0.1, 0.15) is 0 Å². The summed E-state index contributed by atoms with van der Waals surface area (Å²) < 4.78 is 0. The molecule has 0 aromatic carbocycles. The first-order valence-electron chi connectivity index (χ1n) is 8.23. The quantitative estimate of drug-likeness (QED) is 0.840. The van der Waals surface area contributed by atoms with E-state index in [2.05, 4.69) is 41.9 Å². The molecule has 6 heteroatoms. The molecule has 0 bridgehead atoms. The molecule has 2 heterocycles. The molecule has 0 saturated carbocycles. The van der Waals surface area contributed by atoms with Crippen LogP contribution >= 0.6 is 0 Å². The van der Waals surface area contributed by atoms with Crippen molar-refractivity contribution >= 4 is 11.8 Å². The Hall–Kier alpha value is -1.85. The van der Waals surface area contributed by atoms with Crippen LogP contribution in [0.15, 0.2) is 12.1 Å². The highest BCUT2D eigenvalue weighted by molar-refractivity contribution is 5.74. The molecule has 1 atom stereocenters. The van der Waals surface area contributed by atoms with Gasteiger partial charge in [-0.1, -0.05) is 20.8 Å². The van der Waals surface area contributed by atoms with Crippen molar-refractivity contribution < 1.29 is 4.79 Å². The van der Waals surface area contributed by atoms with Crippen LogP contribution in [-0.4, -0.2) is 66.3 Å².